The molecule has 2 aliphatic carbocycles. The molecule has 2 saturated heterocycles. The van der Waals surface area contributed by atoms with Crippen LogP contribution in [-0.2, 0) is 6.18 Å². The minimum atomic E-state index is -4.54. The predicted molar refractivity (Wildman–Crippen MR) is 124 cm³/mol. The Hall–Kier alpha value is -2.13. The normalized spacial score (nSPS) is 31.8. The first-order chi connectivity index (χ1) is 16.2. The van der Waals surface area contributed by atoms with Gasteiger partial charge in [-0.05, 0) is 70.0 Å². The van der Waals surface area contributed by atoms with Gasteiger partial charge in [0.05, 0.1) is 11.3 Å². The van der Waals surface area contributed by atoms with Gasteiger partial charge in [-0.3, -0.25) is 14.5 Å². The number of piperazine rings is 1. The molecule has 4 heterocycles. The Morgan fingerprint density at radius 2 is 1.76 bits per heavy atom. The Labute approximate surface area is 198 Å². The number of fused-ring (bicyclic) bond motifs is 2. The summed E-state index contributed by atoms with van der Waals surface area (Å²) < 4.78 is 42.1. The molecule has 4 fully saturated rings. The predicted octanol–water partition coefficient (Wildman–Crippen LogP) is 4.40. The zero-order chi connectivity index (χ0) is 23.8. The second-order valence-electron chi connectivity index (χ2n) is 11.0. The standard InChI is InChI=1S/C25H33F3N6/c1-14(2)34-22(11-21(31-34)15-8-20(25(26,27)28)24(29)30-12-15)23-18-9-17(10-19(18)23)33-7-6-32-5-3-4-16(32)13-33/h8,11-12,14,16-19,23H,3-7,9-10,13H2,1-2H3,(H2,29,30)/t16?,17-,18+,19-,23-. The van der Waals surface area contributed by atoms with Crippen molar-refractivity contribution in [1.82, 2.24) is 24.6 Å². The molecule has 1 unspecified atom stereocenters. The van der Waals surface area contributed by atoms with Crippen LogP contribution in [0.15, 0.2) is 18.3 Å². The highest BCUT2D eigenvalue weighted by Gasteiger charge is 2.59. The summed E-state index contributed by atoms with van der Waals surface area (Å²) in [6.45, 7) is 9.03. The minimum absolute atomic E-state index is 0.139. The number of nitrogen functional groups attached to an aromatic ring is 1. The molecule has 0 radical (unpaired) electrons. The lowest BCUT2D eigenvalue weighted by Gasteiger charge is -2.41. The molecule has 2 N–H and O–H groups in total. The van der Waals surface area contributed by atoms with Crippen molar-refractivity contribution in [3.63, 3.8) is 0 Å². The molecule has 5 atom stereocenters. The average Bonchev–Trinajstić information content (AvgIpc) is 3.26. The SMILES string of the molecule is CC(C)n1nc(-c2cnc(N)c(C(F)(F)F)c2)cc1[C@H]1[C@@H]2C[C@H](N3CCN4CCCC4C3)C[C@@H]21. The van der Waals surface area contributed by atoms with E-state index in [1.807, 2.05) is 10.7 Å². The molecular weight excluding hydrogens is 441 g/mol. The van der Waals surface area contributed by atoms with Crippen LogP contribution in [0, 0.1) is 11.8 Å². The smallest absolute Gasteiger partial charge is 0.383 e. The van der Waals surface area contributed by atoms with Crippen molar-refractivity contribution >= 4 is 5.82 Å². The molecule has 2 saturated carbocycles. The fourth-order valence-corrected chi connectivity index (χ4v) is 6.95. The zero-order valence-corrected chi connectivity index (χ0v) is 19.8. The second kappa shape index (κ2) is 7.95. The van der Waals surface area contributed by atoms with Crippen LogP contribution in [0.25, 0.3) is 11.3 Å². The number of rotatable bonds is 4. The van der Waals surface area contributed by atoms with Crippen LogP contribution >= 0.6 is 0 Å². The van der Waals surface area contributed by atoms with Crippen LogP contribution in [0.4, 0.5) is 19.0 Å². The van der Waals surface area contributed by atoms with Gasteiger partial charge in [0.2, 0.25) is 0 Å². The molecule has 0 bridgehead atoms. The van der Waals surface area contributed by atoms with Gasteiger partial charge in [0.25, 0.3) is 0 Å². The first kappa shape index (κ1) is 22.3. The van der Waals surface area contributed by atoms with Crippen LogP contribution in [0.1, 0.15) is 62.7 Å². The number of nitrogens with zero attached hydrogens (tertiary/aromatic N) is 5. The van der Waals surface area contributed by atoms with Crippen molar-refractivity contribution in [1.29, 1.82) is 0 Å². The Morgan fingerprint density at radius 1 is 1.03 bits per heavy atom. The number of hydrogen-bond donors (Lipinski definition) is 1. The summed E-state index contributed by atoms with van der Waals surface area (Å²) in [6.07, 6.45) is 1.98. The Balaban J connectivity index is 1.20. The van der Waals surface area contributed by atoms with E-state index in [4.69, 9.17) is 10.8 Å². The largest absolute Gasteiger partial charge is 0.419 e. The third kappa shape index (κ3) is 3.71. The van der Waals surface area contributed by atoms with Crippen molar-refractivity contribution < 1.29 is 13.2 Å². The molecule has 6 rings (SSSR count). The van der Waals surface area contributed by atoms with Crippen LogP contribution in [0.3, 0.4) is 0 Å². The van der Waals surface area contributed by atoms with Gasteiger partial charge in [-0.2, -0.15) is 18.3 Å². The lowest BCUT2D eigenvalue weighted by molar-refractivity contribution is -0.137. The van der Waals surface area contributed by atoms with E-state index in [2.05, 4.69) is 28.6 Å². The van der Waals surface area contributed by atoms with E-state index in [0.29, 0.717) is 35.1 Å². The summed E-state index contributed by atoms with van der Waals surface area (Å²) in [5, 5.41) is 4.72. The van der Waals surface area contributed by atoms with Crippen molar-refractivity contribution in [2.45, 2.75) is 69.8 Å². The third-order valence-corrected chi connectivity index (χ3v) is 8.67. The molecule has 4 aliphatic rings. The summed E-state index contributed by atoms with van der Waals surface area (Å²) in [7, 11) is 0. The second-order valence-corrected chi connectivity index (χ2v) is 11.0. The Bertz CT molecular complexity index is 1070. The van der Waals surface area contributed by atoms with Crippen LogP contribution < -0.4 is 5.73 Å². The minimum Gasteiger partial charge on any atom is -0.383 e. The number of alkyl halides is 3. The van der Waals surface area contributed by atoms with Gasteiger partial charge in [0.15, 0.2) is 0 Å². The monoisotopic (exact) mass is 474 g/mol. The maximum absolute atomic E-state index is 13.4. The number of aromatic nitrogens is 3. The van der Waals surface area contributed by atoms with Gasteiger partial charge in [-0.1, -0.05) is 0 Å². The van der Waals surface area contributed by atoms with E-state index in [9.17, 15) is 13.2 Å². The first-order valence-corrected chi connectivity index (χ1v) is 12.6. The average molecular weight is 475 g/mol. The summed E-state index contributed by atoms with van der Waals surface area (Å²) in [5.74, 6) is 1.27. The number of pyridine rings is 1. The van der Waals surface area contributed by atoms with E-state index < -0.39 is 17.6 Å². The highest BCUT2D eigenvalue weighted by atomic mass is 19.4. The van der Waals surface area contributed by atoms with Crippen molar-refractivity contribution in [2.24, 2.45) is 11.8 Å². The maximum atomic E-state index is 13.4. The maximum Gasteiger partial charge on any atom is 0.419 e. The van der Waals surface area contributed by atoms with Crippen molar-refractivity contribution in [3.8, 4) is 11.3 Å². The number of halogens is 3. The molecule has 6 nitrogen and oxygen atoms in total. The molecule has 184 valence electrons. The van der Waals surface area contributed by atoms with Gasteiger partial charge in [0.1, 0.15) is 5.82 Å². The summed E-state index contributed by atoms with van der Waals surface area (Å²) in [6, 6.07) is 4.63. The molecule has 9 heteroatoms. The molecular formula is C25H33F3N6. The summed E-state index contributed by atoms with van der Waals surface area (Å²) in [5.41, 5.74) is 6.65. The molecule has 0 aromatic carbocycles. The number of anilines is 1. The van der Waals surface area contributed by atoms with E-state index in [-0.39, 0.29) is 6.04 Å². The van der Waals surface area contributed by atoms with Crippen molar-refractivity contribution in [3.05, 3.63) is 29.6 Å². The lowest BCUT2D eigenvalue weighted by Crippen LogP contribution is -2.53. The van der Waals surface area contributed by atoms with Gasteiger partial charge >= 0.3 is 6.18 Å². The molecule has 0 amide bonds. The Kier molecular flexibility index (Phi) is 5.22. The van der Waals surface area contributed by atoms with Crippen LogP contribution in [-0.4, -0.2) is 62.8 Å². The van der Waals surface area contributed by atoms with Crippen molar-refractivity contribution in [2.75, 3.05) is 31.9 Å². The molecule has 34 heavy (non-hydrogen) atoms. The van der Waals surface area contributed by atoms with E-state index in [1.54, 1.807) is 0 Å². The highest BCUT2D eigenvalue weighted by molar-refractivity contribution is 5.63. The summed E-state index contributed by atoms with van der Waals surface area (Å²) >= 11 is 0. The van der Waals surface area contributed by atoms with Gasteiger partial charge < -0.3 is 5.73 Å². The molecule has 2 aromatic heterocycles. The van der Waals surface area contributed by atoms with E-state index in [1.165, 1.54) is 58.1 Å². The summed E-state index contributed by atoms with van der Waals surface area (Å²) in [4.78, 5) is 9.20. The van der Waals surface area contributed by atoms with Gasteiger partial charge in [-0.15, -0.1) is 0 Å². The van der Waals surface area contributed by atoms with Gasteiger partial charge in [0, 0.05) is 61.1 Å². The number of nitrogens with two attached hydrogens (primary N) is 1. The third-order valence-electron chi connectivity index (χ3n) is 8.67. The topological polar surface area (TPSA) is 63.2 Å². The Morgan fingerprint density at radius 3 is 2.47 bits per heavy atom. The fraction of sp³-hybridized carbons (Fsp3) is 0.680. The quantitative estimate of drug-likeness (QED) is 0.712. The van der Waals surface area contributed by atoms with Gasteiger partial charge in [-0.25, -0.2) is 4.98 Å². The zero-order valence-electron chi connectivity index (χ0n) is 19.8. The van der Waals surface area contributed by atoms with E-state index >= 15 is 0 Å². The fourth-order valence-electron chi connectivity index (χ4n) is 6.95. The highest BCUT2D eigenvalue weighted by Crippen LogP contribution is 2.64. The number of hydrogen-bond acceptors (Lipinski definition) is 5. The lowest BCUT2D eigenvalue weighted by atomic mass is 10.0. The molecule has 2 aromatic rings. The first-order valence-electron chi connectivity index (χ1n) is 12.6. The molecule has 0 spiro atoms. The van der Waals surface area contributed by atoms with E-state index in [0.717, 1.165) is 17.8 Å². The molecule has 2 aliphatic heterocycles. The van der Waals surface area contributed by atoms with Crippen LogP contribution in [0.2, 0.25) is 0 Å². The van der Waals surface area contributed by atoms with Crippen LogP contribution in [0.5, 0.6) is 0 Å².